The van der Waals surface area contributed by atoms with Crippen LogP contribution < -0.4 is 15.5 Å². The number of piperazine rings is 1. The molecule has 0 spiro atoms. The first-order chi connectivity index (χ1) is 18.5. The predicted octanol–water partition coefficient (Wildman–Crippen LogP) is -0.335. The van der Waals surface area contributed by atoms with E-state index in [1.54, 1.807) is 13.0 Å². The molecule has 0 radical (unpaired) electrons. The molecule has 1 fully saturated rings. The number of carbonyl (C=O) groups is 5. The number of rotatable bonds is 7. The van der Waals surface area contributed by atoms with E-state index < -0.39 is 59.9 Å². The maximum absolute atomic E-state index is 13.5. The number of carboxylic acid groups (broad SMARTS) is 1. The summed E-state index contributed by atoms with van der Waals surface area (Å²) in [6, 6.07) is 4.06. The van der Waals surface area contributed by atoms with Crippen LogP contribution in [0.3, 0.4) is 0 Å². The Hall–Kier alpha value is -4.66. The van der Waals surface area contributed by atoms with E-state index in [1.165, 1.54) is 23.1 Å². The lowest BCUT2D eigenvalue weighted by Gasteiger charge is -2.33. The SMILES string of the molecule is CCN1CCN(C(=O)NC(C(=O)C[C@H]2Cc3cccc(C(=O)O)c3OB2O)c2ccc(O)c(=O)[nH]2)C(=O)C1=O. The van der Waals surface area contributed by atoms with Gasteiger partial charge < -0.3 is 35.1 Å². The number of aromatic nitrogens is 1. The van der Waals surface area contributed by atoms with Crippen molar-refractivity contribution in [1.29, 1.82) is 0 Å². The Balaban J connectivity index is 1.58. The topological polar surface area (TPSA) is 207 Å². The molecule has 2 atom stereocenters. The van der Waals surface area contributed by atoms with Crippen LogP contribution >= 0.6 is 0 Å². The van der Waals surface area contributed by atoms with Gasteiger partial charge >= 0.3 is 30.9 Å². The van der Waals surface area contributed by atoms with Crippen molar-refractivity contribution < 1.29 is 43.9 Å². The van der Waals surface area contributed by atoms with Crippen molar-refractivity contribution in [3.05, 3.63) is 57.5 Å². The lowest BCUT2D eigenvalue weighted by atomic mass is 9.64. The van der Waals surface area contributed by atoms with E-state index in [0.29, 0.717) is 10.5 Å². The monoisotopic (exact) mass is 540 g/mol. The van der Waals surface area contributed by atoms with Gasteiger partial charge in [-0.05, 0) is 37.1 Å². The standard InChI is InChI=1S/C24H25BN4O10/c1-2-28-8-9-29(22(34)21(28)33)24(37)27-18(15-6-7-16(30)20(32)26-15)17(31)11-13-10-12-4-3-5-14(23(35)36)19(12)39-25(13)38/h3-7,13,18,30,38H,2,8-11H2,1H3,(H,26,32)(H,27,37)(H,35,36)/t13-,18?/m1/s1. The number of aromatic carboxylic acids is 1. The average Bonchev–Trinajstić information content (AvgIpc) is 2.90. The Morgan fingerprint density at radius 2 is 1.90 bits per heavy atom. The zero-order valence-electron chi connectivity index (χ0n) is 20.7. The predicted molar refractivity (Wildman–Crippen MR) is 133 cm³/mol. The summed E-state index contributed by atoms with van der Waals surface area (Å²) in [4.78, 5) is 79.0. The largest absolute Gasteiger partial charge is 0.535 e. The van der Waals surface area contributed by atoms with Crippen LogP contribution in [0.5, 0.6) is 11.5 Å². The van der Waals surface area contributed by atoms with E-state index in [0.717, 1.165) is 6.07 Å². The van der Waals surface area contributed by atoms with Crippen LogP contribution in [0, 0.1) is 0 Å². The Morgan fingerprint density at radius 3 is 2.56 bits per heavy atom. The molecule has 204 valence electrons. The number of amides is 4. The van der Waals surface area contributed by atoms with Crippen LogP contribution in [0.4, 0.5) is 4.79 Å². The van der Waals surface area contributed by atoms with Gasteiger partial charge in [-0.25, -0.2) is 9.59 Å². The fourth-order valence-corrected chi connectivity index (χ4v) is 4.56. The molecule has 1 aromatic carbocycles. The Bertz CT molecular complexity index is 1410. The number of hydrogen-bond donors (Lipinski definition) is 5. The maximum Gasteiger partial charge on any atom is 0.526 e. The van der Waals surface area contributed by atoms with E-state index in [-0.39, 0.29) is 49.5 Å². The van der Waals surface area contributed by atoms with Crippen molar-refractivity contribution >= 4 is 36.7 Å². The van der Waals surface area contributed by atoms with Crippen LogP contribution in [0.1, 0.15) is 41.0 Å². The van der Waals surface area contributed by atoms with Gasteiger partial charge in [-0.15, -0.1) is 0 Å². The van der Waals surface area contributed by atoms with E-state index in [2.05, 4.69) is 10.3 Å². The number of benzene rings is 1. The minimum absolute atomic E-state index is 0.0108. The lowest BCUT2D eigenvalue weighted by molar-refractivity contribution is -0.153. The van der Waals surface area contributed by atoms with E-state index >= 15 is 0 Å². The second kappa shape index (κ2) is 11.0. The second-order valence-corrected chi connectivity index (χ2v) is 9.09. The third-order valence-corrected chi connectivity index (χ3v) is 6.66. The highest BCUT2D eigenvalue weighted by Gasteiger charge is 2.41. The van der Waals surface area contributed by atoms with Crippen molar-refractivity contribution in [2.75, 3.05) is 19.6 Å². The van der Waals surface area contributed by atoms with Gasteiger partial charge in [-0.3, -0.25) is 24.1 Å². The first-order valence-corrected chi connectivity index (χ1v) is 12.1. The van der Waals surface area contributed by atoms with Crippen molar-refractivity contribution in [2.45, 2.75) is 31.6 Å². The van der Waals surface area contributed by atoms with Crippen molar-refractivity contribution in [3.8, 4) is 11.5 Å². The lowest BCUT2D eigenvalue weighted by Crippen LogP contribution is -2.58. The Morgan fingerprint density at radius 1 is 1.15 bits per heavy atom. The van der Waals surface area contributed by atoms with Gasteiger partial charge in [0, 0.05) is 37.6 Å². The van der Waals surface area contributed by atoms with E-state index in [1.807, 2.05) is 0 Å². The summed E-state index contributed by atoms with van der Waals surface area (Å²) in [5.74, 6) is -5.39. The highest BCUT2D eigenvalue weighted by Crippen LogP contribution is 2.37. The number of carboxylic acids is 1. The van der Waals surface area contributed by atoms with Gasteiger partial charge in [-0.2, -0.15) is 0 Å². The van der Waals surface area contributed by atoms with Crippen molar-refractivity contribution in [2.24, 2.45) is 0 Å². The molecule has 2 aliphatic rings. The van der Waals surface area contributed by atoms with Crippen LogP contribution in [0.25, 0.3) is 0 Å². The number of hydrogen-bond acceptors (Lipinski definition) is 9. The number of ketones is 1. The Labute approximate surface area is 221 Å². The molecule has 4 amide bonds. The van der Waals surface area contributed by atoms with Gasteiger partial charge in [0.1, 0.15) is 11.8 Å². The van der Waals surface area contributed by atoms with Crippen molar-refractivity contribution in [1.82, 2.24) is 20.1 Å². The first kappa shape index (κ1) is 27.4. The summed E-state index contributed by atoms with van der Waals surface area (Å²) < 4.78 is 5.43. The van der Waals surface area contributed by atoms with Gasteiger partial charge in [0.25, 0.3) is 5.56 Å². The average molecular weight is 540 g/mol. The van der Waals surface area contributed by atoms with Gasteiger partial charge in [0.2, 0.25) is 0 Å². The minimum atomic E-state index is -1.56. The van der Waals surface area contributed by atoms with Gasteiger partial charge in [0.15, 0.2) is 11.5 Å². The van der Waals surface area contributed by atoms with Gasteiger partial charge in [-0.1, -0.05) is 12.1 Å². The summed E-state index contributed by atoms with van der Waals surface area (Å²) in [7, 11) is -1.56. The van der Waals surface area contributed by atoms with E-state index in [9.17, 15) is 44.0 Å². The number of urea groups is 1. The summed E-state index contributed by atoms with van der Waals surface area (Å²) in [5.41, 5.74) is -0.736. The van der Waals surface area contributed by atoms with Gasteiger partial charge in [0.05, 0.1) is 5.56 Å². The number of H-pyrrole nitrogens is 1. The zero-order chi connectivity index (χ0) is 28.4. The Kier molecular flexibility index (Phi) is 7.71. The quantitative estimate of drug-likeness (QED) is 0.228. The number of imide groups is 1. The number of aromatic amines is 1. The van der Waals surface area contributed by atoms with Crippen LogP contribution in [-0.4, -0.2) is 86.4 Å². The molecule has 1 unspecified atom stereocenters. The van der Waals surface area contributed by atoms with Crippen LogP contribution in [0.2, 0.25) is 5.82 Å². The van der Waals surface area contributed by atoms with E-state index in [4.69, 9.17) is 4.65 Å². The fraction of sp³-hybridized carbons (Fsp3) is 0.333. The second-order valence-electron chi connectivity index (χ2n) is 9.09. The molecule has 39 heavy (non-hydrogen) atoms. The number of pyridine rings is 1. The number of nitrogens with zero attached hydrogens (tertiary/aromatic N) is 2. The molecule has 15 heteroatoms. The molecule has 1 aromatic heterocycles. The smallest absolute Gasteiger partial charge is 0.526 e. The molecule has 3 heterocycles. The number of fused-ring (bicyclic) bond motifs is 1. The minimum Gasteiger partial charge on any atom is -0.535 e. The number of nitrogens with one attached hydrogen (secondary N) is 2. The molecule has 0 saturated carbocycles. The summed E-state index contributed by atoms with van der Waals surface area (Å²) >= 11 is 0. The fourth-order valence-electron chi connectivity index (χ4n) is 4.56. The number of Topliss-reactive ketones (excluding diaryl/α,β-unsaturated/α-hetero) is 1. The molecule has 5 N–H and O–H groups in total. The van der Waals surface area contributed by atoms with Crippen LogP contribution in [0.15, 0.2) is 35.1 Å². The number of para-hydroxylation sites is 1. The summed E-state index contributed by atoms with van der Waals surface area (Å²) in [6.45, 7) is 1.95. The summed E-state index contributed by atoms with van der Waals surface area (Å²) in [5, 5.41) is 31.9. The molecule has 4 rings (SSSR count). The molecule has 14 nitrogen and oxygen atoms in total. The molecule has 2 aliphatic heterocycles. The number of aromatic hydroxyl groups is 1. The maximum atomic E-state index is 13.5. The normalized spacial score (nSPS) is 17.8. The molecular weight excluding hydrogens is 515 g/mol. The molecule has 0 aliphatic carbocycles. The highest BCUT2D eigenvalue weighted by atomic mass is 16.5. The van der Waals surface area contributed by atoms with Crippen molar-refractivity contribution in [3.63, 3.8) is 0 Å². The molecule has 2 aromatic rings. The highest BCUT2D eigenvalue weighted by molar-refractivity contribution is 6.47. The third-order valence-electron chi connectivity index (χ3n) is 6.66. The number of likely N-dealkylation sites (N-methyl/N-ethyl adjacent to an activating group) is 1. The summed E-state index contributed by atoms with van der Waals surface area (Å²) in [6.07, 6.45) is -0.315. The zero-order valence-corrected chi connectivity index (χ0v) is 20.7. The number of carbonyl (C=O) groups excluding carboxylic acids is 4. The molecular formula is C24H25BN4O10. The third kappa shape index (κ3) is 5.48. The molecule has 0 bridgehead atoms. The van der Waals surface area contributed by atoms with Crippen LogP contribution in [-0.2, 0) is 20.8 Å². The first-order valence-electron chi connectivity index (χ1n) is 12.1. The molecule has 1 saturated heterocycles.